The number of esters is 1. The van der Waals surface area contributed by atoms with Crippen LogP contribution in [0.15, 0.2) is 48.8 Å². The molecule has 0 aliphatic rings. The van der Waals surface area contributed by atoms with Crippen molar-refractivity contribution < 1.29 is 19.1 Å². The fourth-order valence-electron chi connectivity index (χ4n) is 1.83. The van der Waals surface area contributed by atoms with Crippen LogP contribution in [0.5, 0.6) is 0 Å². The first-order valence-electron chi connectivity index (χ1n) is 7.22. The highest BCUT2D eigenvalue weighted by atomic mass is 16.5. The van der Waals surface area contributed by atoms with E-state index in [1.807, 2.05) is 0 Å². The van der Waals surface area contributed by atoms with Crippen LogP contribution in [0.25, 0.3) is 0 Å². The summed E-state index contributed by atoms with van der Waals surface area (Å²) in [5, 5.41) is 4.83. The predicted molar refractivity (Wildman–Crippen MR) is 85.9 cm³/mol. The molecule has 2 aromatic heterocycles. The van der Waals surface area contributed by atoms with Crippen molar-refractivity contribution in [3.05, 3.63) is 48.8 Å². The quantitative estimate of drug-likeness (QED) is 0.609. The number of rotatable bonds is 6. The summed E-state index contributed by atoms with van der Waals surface area (Å²) in [6.45, 7) is 1.63. The van der Waals surface area contributed by atoms with Crippen LogP contribution in [0, 0.1) is 5.92 Å². The second kappa shape index (κ2) is 8.37. The van der Waals surface area contributed by atoms with Crippen LogP contribution in [-0.2, 0) is 19.1 Å². The van der Waals surface area contributed by atoms with Gasteiger partial charge in [-0.15, -0.1) is 0 Å². The molecular formula is C16H16N4O4. The Morgan fingerprint density at radius 2 is 1.46 bits per heavy atom. The van der Waals surface area contributed by atoms with Crippen molar-refractivity contribution in [2.45, 2.75) is 6.92 Å². The molecular weight excluding hydrogens is 312 g/mol. The number of pyridine rings is 2. The van der Waals surface area contributed by atoms with E-state index in [-0.39, 0.29) is 18.2 Å². The smallest absolute Gasteiger partial charge is 0.328 e. The van der Waals surface area contributed by atoms with Gasteiger partial charge in [-0.2, -0.15) is 0 Å². The van der Waals surface area contributed by atoms with Gasteiger partial charge in [-0.25, -0.2) is 9.97 Å². The summed E-state index contributed by atoms with van der Waals surface area (Å²) in [6.07, 6.45) is 2.95. The molecule has 0 aliphatic carbocycles. The Bertz CT molecular complexity index is 653. The number of hydrogen-bond acceptors (Lipinski definition) is 6. The maximum absolute atomic E-state index is 12.3. The maximum Gasteiger partial charge on any atom is 0.328 e. The van der Waals surface area contributed by atoms with Crippen molar-refractivity contribution >= 4 is 29.4 Å². The Morgan fingerprint density at radius 3 is 1.83 bits per heavy atom. The molecule has 0 fully saturated rings. The Hall–Kier alpha value is -3.29. The topological polar surface area (TPSA) is 110 Å². The zero-order valence-electron chi connectivity index (χ0n) is 12.9. The van der Waals surface area contributed by atoms with E-state index in [1.165, 1.54) is 24.5 Å². The minimum Gasteiger partial charge on any atom is -0.465 e. The average Bonchev–Trinajstić information content (AvgIpc) is 2.57. The molecule has 0 atom stereocenters. The molecule has 0 bridgehead atoms. The molecule has 0 spiro atoms. The predicted octanol–water partition coefficient (Wildman–Crippen LogP) is 1.23. The molecule has 0 unspecified atom stereocenters. The van der Waals surface area contributed by atoms with Crippen molar-refractivity contribution in [1.82, 2.24) is 9.97 Å². The number of anilines is 2. The molecule has 0 aliphatic heterocycles. The lowest BCUT2D eigenvalue weighted by molar-refractivity contribution is -0.153. The summed E-state index contributed by atoms with van der Waals surface area (Å²) in [7, 11) is 0. The van der Waals surface area contributed by atoms with Crippen LogP contribution in [0.2, 0.25) is 0 Å². The molecule has 0 aromatic carbocycles. The summed E-state index contributed by atoms with van der Waals surface area (Å²) in [4.78, 5) is 44.5. The van der Waals surface area contributed by atoms with Gasteiger partial charge in [0.15, 0.2) is 0 Å². The Balaban J connectivity index is 2.15. The van der Waals surface area contributed by atoms with E-state index in [2.05, 4.69) is 20.6 Å². The first kappa shape index (κ1) is 17.1. The lowest BCUT2D eigenvalue weighted by Gasteiger charge is -2.15. The van der Waals surface area contributed by atoms with Gasteiger partial charge in [0.1, 0.15) is 11.6 Å². The van der Waals surface area contributed by atoms with Crippen LogP contribution < -0.4 is 10.6 Å². The summed E-state index contributed by atoms with van der Waals surface area (Å²) >= 11 is 0. The third kappa shape index (κ3) is 4.60. The molecule has 2 heterocycles. The van der Waals surface area contributed by atoms with E-state index >= 15 is 0 Å². The molecule has 0 saturated carbocycles. The monoisotopic (exact) mass is 328 g/mol. The summed E-state index contributed by atoms with van der Waals surface area (Å²) in [5.74, 6) is -3.83. The summed E-state index contributed by atoms with van der Waals surface area (Å²) < 4.78 is 4.82. The zero-order valence-corrected chi connectivity index (χ0v) is 12.9. The fraction of sp³-hybridized carbons (Fsp3) is 0.188. The van der Waals surface area contributed by atoms with E-state index in [4.69, 9.17) is 4.74 Å². The highest BCUT2D eigenvalue weighted by Gasteiger charge is 2.36. The van der Waals surface area contributed by atoms with Crippen LogP contribution >= 0.6 is 0 Å². The molecule has 0 saturated heterocycles. The molecule has 2 N–H and O–H groups in total. The van der Waals surface area contributed by atoms with Crippen molar-refractivity contribution in [3.63, 3.8) is 0 Å². The molecule has 8 nitrogen and oxygen atoms in total. The number of hydrogen-bond donors (Lipinski definition) is 2. The Labute approximate surface area is 138 Å². The van der Waals surface area contributed by atoms with Crippen LogP contribution in [0.1, 0.15) is 6.92 Å². The number of carbonyl (C=O) groups excluding carboxylic acids is 3. The lowest BCUT2D eigenvalue weighted by Crippen LogP contribution is -2.40. The van der Waals surface area contributed by atoms with Crippen molar-refractivity contribution in [3.8, 4) is 0 Å². The SMILES string of the molecule is CCOC(=O)C(C(=O)Nc1ccccn1)C(=O)Nc1ccccn1. The molecule has 2 aromatic rings. The first-order chi connectivity index (χ1) is 11.6. The molecule has 24 heavy (non-hydrogen) atoms. The van der Waals surface area contributed by atoms with Gasteiger partial charge in [0.05, 0.1) is 6.61 Å². The second-order valence-electron chi connectivity index (χ2n) is 4.59. The van der Waals surface area contributed by atoms with Crippen LogP contribution in [0.3, 0.4) is 0 Å². The molecule has 0 radical (unpaired) electrons. The number of amides is 2. The number of nitrogens with zero attached hydrogens (tertiary/aromatic N) is 2. The van der Waals surface area contributed by atoms with E-state index in [1.54, 1.807) is 31.2 Å². The fourth-order valence-corrected chi connectivity index (χ4v) is 1.83. The van der Waals surface area contributed by atoms with Crippen molar-refractivity contribution in [2.24, 2.45) is 5.92 Å². The maximum atomic E-state index is 12.3. The molecule has 124 valence electrons. The number of carbonyl (C=O) groups is 3. The Morgan fingerprint density at radius 1 is 0.958 bits per heavy atom. The average molecular weight is 328 g/mol. The third-order valence-corrected chi connectivity index (χ3v) is 2.88. The van der Waals surface area contributed by atoms with E-state index in [0.29, 0.717) is 0 Å². The minimum absolute atomic E-state index is 0.0447. The number of nitrogens with one attached hydrogen (secondary N) is 2. The summed E-state index contributed by atoms with van der Waals surface area (Å²) in [6, 6.07) is 9.75. The van der Waals surface area contributed by atoms with Gasteiger partial charge in [-0.3, -0.25) is 14.4 Å². The van der Waals surface area contributed by atoms with E-state index in [9.17, 15) is 14.4 Å². The molecule has 8 heteroatoms. The summed E-state index contributed by atoms with van der Waals surface area (Å²) in [5.41, 5.74) is 0. The largest absolute Gasteiger partial charge is 0.465 e. The molecule has 2 rings (SSSR count). The highest BCUT2D eigenvalue weighted by molar-refractivity contribution is 6.22. The van der Waals surface area contributed by atoms with E-state index < -0.39 is 23.7 Å². The van der Waals surface area contributed by atoms with Gasteiger partial charge >= 0.3 is 5.97 Å². The van der Waals surface area contributed by atoms with Gasteiger partial charge in [0.25, 0.3) is 0 Å². The number of aromatic nitrogens is 2. The first-order valence-corrected chi connectivity index (χ1v) is 7.22. The van der Waals surface area contributed by atoms with Crippen LogP contribution in [-0.4, -0.2) is 34.4 Å². The third-order valence-electron chi connectivity index (χ3n) is 2.88. The van der Waals surface area contributed by atoms with Crippen LogP contribution in [0.4, 0.5) is 11.6 Å². The second-order valence-corrected chi connectivity index (χ2v) is 4.59. The highest BCUT2D eigenvalue weighted by Crippen LogP contribution is 2.10. The standard InChI is InChI=1S/C16H16N4O4/c1-2-24-16(23)13(14(21)19-11-7-3-5-9-17-11)15(22)20-12-8-4-6-10-18-12/h3-10,13H,2H2,1H3,(H,17,19,21)(H,18,20,22). The minimum atomic E-state index is -1.67. The van der Waals surface area contributed by atoms with Gasteiger partial charge < -0.3 is 15.4 Å². The van der Waals surface area contributed by atoms with Gasteiger partial charge in [-0.1, -0.05) is 12.1 Å². The normalized spacial score (nSPS) is 10.1. The Kier molecular flexibility index (Phi) is 5.95. The van der Waals surface area contributed by atoms with Gasteiger partial charge in [0, 0.05) is 12.4 Å². The van der Waals surface area contributed by atoms with Crippen molar-refractivity contribution in [2.75, 3.05) is 17.2 Å². The van der Waals surface area contributed by atoms with Gasteiger partial charge in [0.2, 0.25) is 17.7 Å². The zero-order chi connectivity index (χ0) is 17.4. The lowest BCUT2D eigenvalue weighted by atomic mass is 10.1. The van der Waals surface area contributed by atoms with Crippen molar-refractivity contribution in [1.29, 1.82) is 0 Å². The van der Waals surface area contributed by atoms with E-state index in [0.717, 1.165) is 0 Å². The van der Waals surface area contributed by atoms with Gasteiger partial charge in [-0.05, 0) is 31.2 Å². The number of ether oxygens (including phenoxy) is 1. The molecule has 2 amide bonds.